The number of aliphatic carboxylic acids is 1. The Morgan fingerprint density at radius 1 is 1.50 bits per heavy atom. The highest BCUT2D eigenvalue weighted by Crippen LogP contribution is 2.54. The minimum atomic E-state index is -0.782. The summed E-state index contributed by atoms with van der Waals surface area (Å²) in [6, 6.07) is 0. The molecule has 4 atom stereocenters. The number of hydrogen-bond acceptors (Lipinski definition) is 3. The van der Waals surface area contributed by atoms with Gasteiger partial charge < -0.3 is 9.84 Å². The zero-order valence-electron chi connectivity index (χ0n) is 14.9. The lowest BCUT2D eigenvalue weighted by Gasteiger charge is -2.50. The number of rotatable bonds is 6. The Morgan fingerprint density at radius 2 is 2.17 bits per heavy atom. The first kappa shape index (κ1) is 18.5. The Balaban J connectivity index is 2.29. The Bertz CT molecular complexity index is 601. The number of ether oxygens (including phenoxy) is 1. The second-order valence-corrected chi connectivity index (χ2v) is 7.60. The standard InChI is InChI=1S/C20H28O4/c1-12(2)15-7-6-13(3)16(20(15,5)9-8-18(21)22)11-17-14(4)10-19(23)24-17/h10,15-17H,1,3,6-9,11H2,2,4-5H3,(H,21,22)/t15-,16-,17+,20-/m0/s1. The van der Waals surface area contributed by atoms with Crippen LogP contribution in [0.4, 0.5) is 0 Å². The molecule has 0 saturated heterocycles. The van der Waals surface area contributed by atoms with Crippen molar-refractivity contribution in [1.82, 2.24) is 0 Å². The number of carboxylic acid groups (broad SMARTS) is 1. The van der Waals surface area contributed by atoms with E-state index in [9.17, 15) is 14.7 Å². The van der Waals surface area contributed by atoms with Crippen molar-refractivity contribution in [1.29, 1.82) is 0 Å². The van der Waals surface area contributed by atoms with Gasteiger partial charge in [-0.15, -0.1) is 0 Å². The molecule has 1 saturated carbocycles. The van der Waals surface area contributed by atoms with Gasteiger partial charge >= 0.3 is 11.9 Å². The number of esters is 1. The molecule has 24 heavy (non-hydrogen) atoms. The molecule has 0 unspecified atom stereocenters. The summed E-state index contributed by atoms with van der Waals surface area (Å²) in [4.78, 5) is 22.7. The van der Waals surface area contributed by atoms with Crippen molar-refractivity contribution in [3.63, 3.8) is 0 Å². The molecule has 4 nitrogen and oxygen atoms in total. The number of carboxylic acids is 1. The molecule has 0 spiro atoms. The molecule has 1 fully saturated rings. The predicted molar refractivity (Wildman–Crippen MR) is 93.4 cm³/mol. The maximum absolute atomic E-state index is 11.5. The van der Waals surface area contributed by atoms with E-state index in [2.05, 4.69) is 20.1 Å². The van der Waals surface area contributed by atoms with E-state index < -0.39 is 5.97 Å². The van der Waals surface area contributed by atoms with Gasteiger partial charge in [-0.3, -0.25) is 4.79 Å². The van der Waals surface area contributed by atoms with Crippen LogP contribution in [0.3, 0.4) is 0 Å². The van der Waals surface area contributed by atoms with Crippen molar-refractivity contribution in [2.24, 2.45) is 17.3 Å². The van der Waals surface area contributed by atoms with Gasteiger partial charge in [0.15, 0.2) is 0 Å². The zero-order chi connectivity index (χ0) is 18.1. The third-order valence-electron chi connectivity index (χ3n) is 5.87. The van der Waals surface area contributed by atoms with Crippen LogP contribution in [0.2, 0.25) is 0 Å². The van der Waals surface area contributed by atoms with E-state index in [1.807, 2.05) is 13.8 Å². The average molecular weight is 332 g/mol. The summed E-state index contributed by atoms with van der Waals surface area (Å²) >= 11 is 0. The Hall–Kier alpha value is -1.84. The number of hydrogen-bond donors (Lipinski definition) is 1. The second kappa shape index (κ2) is 6.96. The molecule has 1 aliphatic heterocycles. The van der Waals surface area contributed by atoms with Gasteiger partial charge in [0.25, 0.3) is 0 Å². The molecule has 0 amide bonds. The molecular formula is C20H28O4. The molecule has 1 N–H and O–H groups in total. The first-order valence-corrected chi connectivity index (χ1v) is 8.58. The Labute approximate surface area is 144 Å². The third kappa shape index (κ3) is 3.63. The quantitative estimate of drug-likeness (QED) is 0.582. The normalized spacial score (nSPS) is 33.1. The van der Waals surface area contributed by atoms with Crippen LogP contribution in [-0.2, 0) is 14.3 Å². The van der Waals surface area contributed by atoms with Gasteiger partial charge in [0.1, 0.15) is 6.10 Å². The monoisotopic (exact) mass is 332 g/mol. The topological polar surface area (TPSA) is 63.6 Å². The summed E-state index contributed by atoms with van der Waals surface area (Å²) in [7, 11) is 0. The first-order valence-electron chi connectivity index (χ1n) is 8.58. The Morgan fingerprint density at radius 3 is 2.67 bits per heavy atom. The molecule has 1 heterocycles. The van der Waals surface area contributed by atoms with E-state index in [-0.39, 0.29) is 35.7 Å². The largest absolute Gasteiger partial charge is 0.481 e. The molecule has 1 aliphatic carbocycles. The van der Waals surface area contributed by atoms with Crippen LogP contribution in [0.5, 0.6) is 0 Å². The second-order valence-electron chi connectivity index (χ2n) is 7.60. The predicted octanol–water partition coefficient (Wildman–Crippen LogP) is 4.28. The summed E-state index contributed by atoms with van der Waals surface area (Å²) in [6.07, 6.45) is 4.56. The van der Waals surface area contributed by atoms with E-state index >= 15 is 0 Å². The molecule has 2 rings (SSSR count). The van der Waals surface area contributed by atoms with Crippen LogP contribution >= 0.6 is 0 Å². The fourth-order valence-corrected chi connectivity index (χ4v) is 4.51. The lowest BCUT2D eigenvalue weighted by atomic mass is 9.55. The van der Waals surface area contributed by atoms with Gasteiger partial charge in [0, 0.05) is 12.5 Å². The van der Waals surface area contributed by atoms with Crippen LogP contribution < -0.4 is 0 Å². The molecular weight excluding hydrogens is 304 g/mol. The molecule has 0 bridgehead atoms. The average Bonchev–Trinajstić information content (AvgIpc) is 2.79. The van der Waals surface area contributed by atoms with Gasteiger partial charge in [0.2, 0.25) is 0 Å². The molecule has 0 aromatic carbocycles. The van der Waals surface area contributed by atoms with Crippen molar-refractivity contribution >= 4 is 11.9 Å². The highest BCUT2D eigenvalue weighted by Gasteiger charge is 2.47. The van der Waals surface area contributed by atoms with Crippen molar-refractivity contribution < 1.29 is 19.4 Å². The summed E-state index contributed by atoms with van der Waals surface area (Å²) in [5.74, 6) is -0.696. The van der Waals surface area contributed by atoms with Crippen LogP contribution in [0.15, 0.2) is 36.0 Å². The molecule has 0 aromatic rings. The fraction of sp³-hybridized carbons (Fsp3) is 0.600. The third-order valence-corrected chi connectivity index (χ3v) is 5.87. The summed E-state index contributed by atoms with van der Waals surface area (Å²) in [5.41, 5.74) is 2.94. The van der Waals surface area contributed by atoms with E-state index in [4.69, 9.17) is 4.74 Å². The first-order chi connectivity index (χ1) is 11.1. The zero-order valence-corrected chi connectivity index (χ0v) is 14.9. The SMILES string of the molecule is C=C(C)[C@@H]1CCC(=C)[C@H](C[C@H]2OC(=O)C=C2C)[C@@]1(C)CCC(=O)O. The van der Waals surface area contributed by atoms with Crippen molar-refractivity contribution in [3.8, 4) is 0 Å². The lowest BCUT2D eigenvalue weighted by Crippen LogP contribution is -2.42. The van der Waals surface area contributed by atoms with Crippen molar-refractivity contribution in [3.05, 3.63) is 36.0 Å². The van der Waals surface area contributed by atoms with Crippen LogP contribution in [0.25, 0.3) is 0 Å². The minimum absolute atomic E-state index is 0.117. The minimum Gasteiger partial charge on any atom is -0.481 e. The maximum atomic E-state index is 11.5. The van der Waals surface area contributed by atoms with Gasteiger partial charge in [-0.05, 0) is 62.4 Å². The molecule has 4 heteroatoms. The number of cyclic esters (lactones) is 1. The summed E-state index contributed by atoms with van der Waals surface area (Å²) < 4.78 is 5.43. The van der Waals surface area contributed by atoms with Crippen LogP contribution in [0.1, 0.15) is 52.9 Å². The van der Waals surface area contributed by atoms with E-state index in [0.717, 1.165) is 29.6 Å². The molecule has 0 radical (unpaired) electrons. The van der Waals surface area contributed by atoms with Gasteiger partial charge in [-0.25, -0.2) is 4.79 Å². The fourth-order valence-electron chi connectivity index (χ4n) is 4.51. The lowest BCUT2D eigenvalue weighted by molar-refractivity contribution is -0.139. The molecule has 132 valence electrons. The summed E-state index contributed by atoms with van der Waals surface area (Å²) in [6.45, 7) is 14.5. The van der Waals surface area contributed by atoms with Crippen LogP contribution in [-0.4, -0.2) is 23.1 Å². The smallest absolute Gasteiger partial charge is 0.331 e. The van der Waals surface area contributed by atoms with Gasteiger partial charge in [-0.1, -0.05) is 31.2 Å². The number of carbonyl (C=O) groups is 2. The highest BCUT2D eigenvalue weighted by molar-refractivity contribution is 5.85. The van der Waals surface area contributed by atoms with Crippen molar-refractivity contribution in [2.45, 2.75) is 59.0 Å². The van der Waals surface area contributed by atoms with Gasteiger partial charge in [0.05, 0.1) is 0 Å². The van der Waals surface area contributed by atoms with E-state index in [0.29, 0.717) is 12.8 Å². The summed E-state index contributed by atoms with van der Waals surface area (Å²) in [5, 5.41) is 9.17. The Kier molecular flexibility index (Phi) is 5.36. The van der Waals surface area contributed by atoms with E-state index in [1.165, 1.54) is 0 Å². The van der Waals surface area contributed by atoms with Crippen LogP contribution in [0, 0.1) is 17.3 Å². The maximum Gasteiger partial charge on any atom is 0.331 e. The highest BCUT2D eigenvalue weighted by atomic mass is 16.5. The van der Waals surface area contributed by atoms with Gasteiger partial charge in [-0.2, -0.15) is 0 Å². The number of carbonyl (C=O) groups excluding carboxylic acids is 1. The number of allylic oxidation sites excluding steroid dienone is 2. The molecule has 2 aliphatic rings. The van der Waals surface area contributed by atoms with Crippen molar-refractivity contribution in [2.75, 3.05) is 0 Å². The van der Waals surface area contributed by atoms with E-state index in [1.54, 1.807) is 6.08 Å². The molecule has 0 aromatic heterocycles.